The van der Waals surface area contributed by atoms with Gasteiger partial charge in [0.1, 0.15) is 5.82 Å². The zero-order valence-electron chi connectivity index (χ0n) is 17.9. The second-order valence-electron chi connectivity index (χ2n) is 9.02. The van der Waals surface area contributed by atoms with Gasteiger partial charge in [0.05, 0.1) is 22.4 Å². The summed E-state index contributed by atoms with van der Waals surface area (Å²) >= 11 is 9.48. The zero-order valence-corrected chi connectivity index (χ0v) is 20.2. The molecule has 3 aromatic rings. The van der Waals surface area contributed by atoms with Gasteiger partial charge in [0.15, 0.2) is 0 Å². The number of carboxylic acids is 1. The number of hydrogen-bond donors (Lipinski definition) is 1. The summed E-state index contributed by atoms with van der Waals surface area (Å²) in [5.74, 6) is -1.61. The molecular weight excluding hydrogens is 509 g/mol. The number of nitrogens with zero attached hydrogens (tertiary/aromatic N) is 1. The number of carbonyl (C=O) groups is 2. The Hall–Kier alpha value is -2.70. The maximum absolute atomic E-state index is 14.5. The van der Waals surface area contributed by atoms with Crippen LogP contribution in [0.4, 0.5) is 15.8 Å². The van der Waals surface area contributed by atoms with E-state index in [1.165, 1.54) is 29.2 Å². The standard InChI is InChI=1S/C26H20BrClFNO3/c1-14(2)25(16-3-5-18(28)6-4-16)13-26(25)21-12-19(29)7-8-22(21)30(24(26)33)20-10-15(23(31)32)9-17(27)11-20/h3-12,14H,13H2,1-2H3,(H,31,32)/t25-,26-/m1/s1. The first-order valence-corrected chi connectivity index (χ1v) is 11.7. The number of fused-ring (bicyclic) bond motifs is 2. The van der Waals surface area contributed by atoms with Crippen LogP contribution in [0.25, 0.3) is 0 Å². The van der Waals surface area contributed by atoms with Crippen molar-refractivity contribution in [3.63, 3.8) is 0 Å². The van der Waals surface area contributed by atoms with Crippen molar-refractivity contribution in [2.24, 2.45) is 5.92 Å². The van der Waals surface area contributed by atoms with Gasteiger partial charge in [-0.2, -0.15) is 0 Å². The van der Waals surface area contributed by atoms with Gasteiger partial charge in [0.25, 0.3) is 0 Å². The van der Waals surface area contributed by atoms with Crippen molar-refractivity contribution in [1.29, 1.82) is 0 Å². The summed E-state index contributed by atoms with van der Waals surface area (Å²) in [6.45, 7) is 4.14. The van der Waals surface area contributed by atoms with Crippen LogP contribution in [0.2, 0.25) is 5.02 Å². The van der Waals surface area contributed by atoms with E-state index in [0.29, 0.717) is 32.9 Å². The number of carbonyl (C=O) groups excluding carboxylic acids is 1. The predicted molar refractivity (Wildman–Crippen MR) is 129 cm³/mol. The molecule has 1 fully saturated rings. The Labute approximate surface area is 204 Å². The molecule has 33 heavy (non-hydrogen) atoms. The molecule has 1 aliphatic heterocycles. The van der Waals surface area contributed by atoms with Crippen LogP contribution in [-0.4, -0.2) is 17.0 Å². The topological polar surface area (TPSA) is 57.6 Å². The smallest absolute Gasteiger partial charge is 0.335 e. The molecule has 4 nitrogen and oxygen atoms in total. The highest BCUT2D eigenvalue weighted by molar-refractivity contribution is 9.10. The lowest BCUT2D eigenvalue weighted by atomic mass is 9.75. The number of hydrogen-bond acceptors (Lipinski definition) is 2. The molecule has 0 aromatic heterocycles. The lowest BCUT2D eigenvalue weighted by molar-refractivity contribution is -0.120. The lowest BCUT2D eigenvalue weighted by Crippen LogP contribution is -2.36. The van der Waals surface area contributed by atoms with Crippen molar-refractivity contribution in [3.05, 3.63) is 92.7 Å². The van der Waals surface area contributed by atoms with E-state index in [-0.39, 0.29) is 17.4 Å². The molecule has 1 spiro atoms. The molecule has 0 bridgehead atoms. The maximum Gasteiger partial charge on any atom is 0.335 e. The molecule has 1 amide bonds. The predicted octanol–water partition coefficient (Wildman–Crippen LogP) is 6.85. The first kappa shape index (κ1) is 22.1. The molecular formula is C26H20BrClFNO3. The van der Waals surface area contributed by atoms with E-state index in [4.69, 9.17) is 11.6 Å². The molecule has 168 valence electrons. The SMILES string of the molecule is CC(C)[C@@]1(c2ccc(Cl)cc2)C[C@@]12C(=O)N(c1cc(Br)cc(C(=O)O)c1)c1ccc(F)cc12. The monoisotopic (exact) mass is 527 g/mol. The molecule has 7 heteroatoms. The fourth-order valence-corrected chi connectivity index (χ4v) is 6.25. The van der Waals surface area contributed by atoms with Gasteiger partial charge in [-0.15, -0.1) is 0 Å². The van der Waals surface area contributed by atoms with Crippen LogP contribution in [0, 0.1) is 11.7 Å². The summed E-state index contributed by atoms with van der Waals surface area (Å²) in [7, 11) is 0. The van der Waals surface area contributed by atoms with Crippen LogP contribution < -0.4 is 4.90 Å². The largest absolute Gasteiger partial charge is 0.478 e. The summed E-state index contributed by atoms with van der Waals surface area (Å²) in [4.78, 5) is 27.4. The molecule has 1 heterocycles. The fraction of sp³-hybridized carbons (Fsp3) is 0.231. The Kier molecular flexibility index (Phi) is 4.96. The number of amides is 1. The minimum Gasteiger partial charge on any atom is -0.478 e. The van der Waals surface area contributed by atoms with Gasteiger partial charge in [0, 0.05) is 14.9 Å². The van der Waals surface area contributed by atoms with Crippen molar-refractivity contribution >= 4 is 50.8 Å². The van der Waals surface area contributed by atoms with Gasteiger partial charge in [-0.1, -0.05) is 53.5 Å². The number of carboxylic acid groups (broad SMARTS) is 1. The highest BCUT2D eigenvalue weighted by Crippen LogP contribution is 2.73. The second kappa shape index (κ2) is 7.40. The molecule has 2 atom stereocenters. The van der Waals surface area contributed by atoms with Crippen LogP contribution in [-0.2, 0) is 15.6 Å². The molecule has 1 N–H and O–H groups in total. The van der Waals surface area contributed by atoms with Crippen molar-refractivity contribution in [2.45, 2.75) is 31.1 Å². The van der Waals surface area contributed by atoms with Crippen LogP contribution in [0.3, 0.4) is 0 Å². The number of rotatable bonds is 4. The molecule has 5 rings (SSSR count). The molecule has 0 saturated heterocycles. The normalized spacial score (nSPS) is 23.3. The van der Waals surface area contributed by atoms with Crippen molar-refractivity contribution < 1.29 is 19.1 Å². The average molecular weight is 529 g/mol. The van der Waals surface area contributed by atoms with E-state index < -0.39 is 22.6 Å². The Morgan fingerprint density at radius 1 is 1.12 bits per heavy atom. The van der Waals surface area contributed by atoms with Gasteiger partial charge in [0.2, 0.25) is 5.91 Å². The highest BCUT2D eigenvalue weighted by Gasteiger charge is 2.78. The third-order valence-electron chi connectivity index (χ3n) is 7.14. The van der Waals surface area contributed by atoms with E-state index >= 15 is 0 Å². The van der Waals surface area contributed by atoms with E-state index in [1.54, 1.807) is 12.1 Å². The number of halogens is 3. The molecule has 0 radical (unpaired) electrons. The van der Waals surface area contributed by atoms with Gasteiger partial charge >= 0.3 is 5.97 Å². The number of benzene rings is 3. The summed E-state index contributed by atoms with van der Waals surface area (Å²) in [5, 5.41) is 10.1. The molecule has 1 aliphatic carbocycles. The van der Waals surface area contributed by atoms with Crippen LogP contribution >= 0.6 is 27.5 Å². The maximum atomic E-state index is 14.5. The summed E-state index contributed by atoms with van der Waals surface area (Å²) in [6, 6.07) is 16.5. The van der Waals surface area contributed by atoms with E-state index in [1.807, 2.05) is 24.3 Å². The van der Waals surface area contributed by atoms with E-state index in [9.17, 15) is 19.1 Å². The third-order valence-corrected chi connectivity index (χ3v) is 7.85. The Balaban J connectivity index is 1.74. The van der Waals surface area contributed by atoms with E-state index in [0.717, 1.165) is 5.56 Å². The van der Waals surface area contributed by atoms with Gasteiger partial charge in [-0.3, -0.25) is 9.69 Å². The van der Waals surface area contributed by atoms with E-state index in [2.05, 4.69) is 29.8 Å². The summed E-state index contributed by atoms with van der Waals surface area (Å²) in [5.41, 5.74) is 1.19. The number of aromatic carboxylic acids is 1. The van der Waals surface area contributed by atoms with Crippen LogP contribution in [0.5, 0.6) is 0 Å². The Morgan fingerprint density at radius 2 is 1.82 bits per heavy atom. The minimum absolute atomic E-state index is 0.0559. The summed E-state index contributed by atoms with van der Waals surface area (Å²) in [6.07, 6.45) is 0.533. The first-order valence-electron chi connectivity index (χ1n) is 10.6. The molecule has 1 saturated carbocycles. The fourth-order valence-electron chi connectivity index (χ4n) is 5.65. The van der Waals surface area contributed by atoms with Gasteiger partial charge < -0.3 is 5.11 Å². The Bertz CT molecular complexity index is 1330. The molecule has 3 aromatic carbocycles. The average Bonchev–Trinajstić information content (AvgIpc) is 3.41. The molecule has 2 aliphatic rings. The molecule has 0 unspecified atom stereocenters. The van der Waals surface area contributed by atoms with Crippen LogP contribution in [0.1, 0.15) is 41.8 Å². The van der Waals surface area contributed by atoms with Gasteiger partial charge in [-0.25, -0.2) is 9.18 Å². The van der Waals surface area contributed by atoms with Crippen molar-refractivity contribution in [1.82, 2.24) is 0 Å². The number of anilines is 2. The van der Waals surface area contributed by atoms with Crippen LogP contribution in [0.15, 0.2) is 65.1 Å². The Morgan fingerprint density at radius 3 is 2.45 bits per heavy atom. The van der Waals surface area contributed by atoms with Crippen molar-refractivity contribution in [3.8, 4) is 0 Å². The van der Waals surface area contributed by atoms with Crippen molar-refractivity contribution in [2.75, 3.05) is 4.90 Å². The first-order chi connectivity index (χ1) is 15.6. The third kappa shape index (κ3) is 3.00. The quantitative estimate of drug-likeness (QED) is 0.403. The zero-order chi connectivity index (χ0) is 23.7. The highest BCUT2D eigenvalue weighted by atomic mass is 79.9. The minimum atomic E-state index is -1.10. The second-order valence-corrected chi connectivity index (χ2v) is 10.4. The lowest BCUT2D eigenvalue weighted by Gasteiger charge is -2.27. The summed E-state index contributed by atoms with van der Waals surface area (Å²) < 4.78 is 15.0. The van der Waals surface area contributed by atoms with Gasteiger partial charge in [-0.05, 0) is 72.0 Å².